The van der Waals surface area contributed by atoms with Gasteiger partial charge < -0.3 is 10.8 Å². The van der Waals surface area contributed by atoms with Crippen molar-refractivity contribution < 1.29 is 5.11 Å². The summed E-state index contributed by atoms with van der Waals surface area (Å²) >= 11 is 0. The molecular formula is C23H33NO. The van der Waals surface area contributed by atoms with Crippen LogP contribution < -0.4 is 5.73 Å². The highest BCUT2D eigenvalue weighted by Crippen LogP contribution is 2.43. The summed E-state index contributed by atoms with van der Waals surface area (Å²) in [5.41, 5.74) is 9.68. The number of nitrogen functional groups attached to an aromatic ring is 1. The van der Waals surface area contributed by atoms with Gasteiger partial charge >= 0.3 is 0 Å². The third-order valence-corrected chi connectivity index (χ3v) is 5.50. The number of phenols is 1. The molecule has 0 spiro atoms. The summed E-state index contributed by atoms with van der Waals surface area (Å²) in [5, 5.41) is 10.7. The molecule has 0 aliphatic heterocycles. The van der Waals surface area contributed by atoms with Crippen molar-refractivity contribution in [3.8, 4) is 5.75 Å². The van der Waals surface area contributed by atoms with E-state index < -0.39 is 0 Å². The number of benzene rings is 2. The standard InChI is InChI=1S/C23H33NO/c1-6-7-11-14-22(2,3)18-15-19(21(25)20(24)16-18)23(4,5)17-12-9-8-10-13-17/h8-10,12-13,15-16,25H,6-7,11,14,24H2,1-5H3. The Morgan fingerprint density at radius 1 is 0.920 bits per heavy atom. The first-order chi connectivity index (χ1) is 11.7. The van der Waals surface area contributed by atoms with Crippen LogP contribution in [0.4, 0.5) is 5.69 Å². The number of anilines is 1. The Balaban J connectivity index is 2.48. The SMILES string of the molecule is CCCCCC(C)(C)c1cc(N)c(O)c(C(C)(C)c2ccccc2)c1. The molecule has 0 fully saturated rings. The fourth-order valence-corrected chi connectivity index (χ4v) is 3.50. The Hall–Kier alpha value is -1.96. The van der Waals surface area contributed by atoms with Crippen LogP contribution >= 0.6 is 0 Å². The van der Waals surface area contributed by atoms with Crippen LogP contribution in [0.25, 0.3) is 0 Å². The predicted molar refractivity (Wildman–Crippen MR) is 108 cm³/mol. The van der Waals surface area contributed by atoms with Gasteiger partial charge in [-0.05, 0) is 29.0 Å². The molecule has 0 aliphatic rings. The number of phenolic OH excluding ortho intramolecular Hbond substituents is 1. The average Bonchev–Trinajstić information content (AvgIpc) is 2.57. The maximum Gasteiger partial charge on any atom is 0.142 e. The predicted octanol–water partition coefficient (Wildman–Crippen LogP) is 6.16. The molecule has 25 heavy (non-hydrogen) atoms. The van der Waals surface area contributed by atoms with Gasteiger partial charge in [-0.3, -0.25) is 0 Å². The second-order valence-electron chi connectivity index (χ2n) is 8.29. The number of nitrogens with two attached hydrogens (primary N) is 1. The molecule has 0 saturated heterocycles. The molecule has 2 aromatic rings. The molecule has 0 unspecified atom stereocenters. The minimum Gasteiger partial charge on any atom is -0.505 e. The van der Waals surface area contributed by atoms with Crippen LogP contribution in [0.2, 0.25) is 0 Å². The molecule has 0 heterocycles. The molecule has 2 rings (SSSR count). The van der Waals surface area contributed by atoms with E-state index in [0.717, 1.165) is 12.0 Å². The van der Waals surface area contributed by atoms with Crippen LogP contribution in [0.5, 0.6) is 5.75 Å². The summed E-state index contributed by atoms with van der Waals surface area (Å²) in [5.74, 6) is 0.210. The number of hydrogen-bond donors (Lipinski definition) is 2. The largest absolute Gasteiger partial charge is 0.505 e. The fraction of sp³-hybridized carbons (Fsp3) is 0.478. The zero-order valence-corrected chi connectivity index (χ0v) is 16.4. The molecule has 2 nitrogen and oxygen atoms in total. The zero-order valence-electron chi connectivity index (χ0n) is 16.4. The van der Waals surface area contributed by atoms with Gasteiger partial charge in [0.1, 0.15) is 5.75 Å². The van der Waals surface area contributed by atoms with E-state index in [1.54, 1.807) is 0 Å². The van der Waals surface area contributed by atoms with Gasteiger partial charge in [0.2, 0.25) is 0 Å². The van der Waals surface area contributed by atoms with E-state index in [-0.39, 0.29) is 16.6 Å². The Bertz CT molecular complexity index is 702. The van der Waals surface area contributed by atoms with E-state index in [9.17, 15) is 5.11 Å². The van der Waals surface area contributed by atoms with Gasteiger partial charge in [0.25, 0.3) is 0 Å². The molecule has 3 N–H and O–H groups in total. The quantitative estimate of drug-likeness (QED) is 0.360. The average molecular weight is 340 g/mol. The Kier molecular flexibility index (Phi) is 5.82. The van der Waals surface area contributed by atoms with Gasteiger partial charge in [0.15, 0.2) is 0 Å². The van der Waals surface area contributed by atoms with Crippen molar-refractivity contribution in [1.29, 1.82) is 0 Å². The van der Waals surface area contributed by atoms with Crippen LogP contribution in [0.15, 0.2) is 42.5 Å². The van der Waals surface area contributed by atoms with Gasteiger partial charge in [0.05, 0.1) is 5.69 Å². The van der Waals surface area contributed by atoms with E-state index >= 15 is 0 Å². The third-order valence-electron chi connectivity index (χ3n) is 5.50. The van der Waals surface area contributed by atoms with Crippen molar-refractivity contribution in [3.05, 3.63) is 59.2 Å². The summed E-state index contributed by atoms with van der Waals surface area (Å²) in [7, 11) is 0. The van der Waals surface area contributed by atoms with Gasteiger partial charge in [-0.2, -0.15) is 0 Å². The smallest absolute Gasteiger partial charge is 0.142 e. The van der Waals surface area contributed by atoms with Crippen LogP contribution in [0.3, 0.4) is 0 Å². The van der Waals surface area contributed by atoms with Crippen molar-refractivity contribution in [2.24, 2.45) is 0 Å². The molecule has 0 atom stereocenters. The molecule has 2 aromatic carbocycles. The molecular weight excluding hydrogens is 306 g/mol. The number of unbranched alkanes of at least 4 members (excludes halogenated alkanes) is 2. The first-order valence-electron chi connectivity index (χ1n) is 9.39. The van der Waals surface area contributed by atoms with Crippen molar-refractivity contribution in [1.82, 2.24) is 0 Å². The number of rotatable bonds is 7. The summed E-state index contributed by atoms with van der Waals surface area (Å²) in [6.07, 6.45) is 4.80. The lowest BCUT2D eigenvalue weighted by atomic mass is 9.73. The van der Waals surface area contributed by atoms with Crippen LogP contribution in [-0.4, -0.2) is 5.11 Å². The highest BCUT2D eigenvalue weighted by molar-refractivity contribution is 5.62. The topological polar surface area (TPSA) is 46.2 Å². The summed E-state index contributed by atoms with van der Waals surface area (Å²) < 4.78 is 0. The van der Waals surface area contributed by atoms with E-state index in [2.05, 4.69) is 52.8 Å². The first kappa shape index (κ1) is 19.4. The minimum absolute atomic E-state index is 0.0402. The van der Waals surface area contributed by atoms with Crippen LogP contribution in [0, 0.1) is 0 Å². The van der Waals surface area contributed by atoms with Gasteiger partial charge in [-0.1, -0.05) is 90.3 Å². The van der Waals surface area contributed by atoms with Gasteiger partial charge in [-0.25, -0.2) is 0 Å². The van der Waals surface area contributed by atoms with Crippen LogP contribution in [-0.2, 0) is 10.8 Å². The van der Waals surface area contributed by atoms with Crippen molar-refractivity contribution >= 4 is 5.69 Å². The maximum atomic E-state index is 10.7. The lowest BCUT2D eigenvalue weighted by molar-refractivity contribution is 0.439. The van der Waals surface area contributed by atoms with E-state index in [0.29, 0.717) is 5.69 Å². The van der Waals surface area contributed by atoms with E-state index in [1.165, 1.54) is 30.4 Å². The van der Waals surface area contributed by atoms with Crippen molar-refractivity contribution in [2.75, 3.05) is 5.73 Å². The molecule has 0 saturated carbocycles. The lowest BCUT2D eigenvalue weighted by Gasteiger charge is -2.31. The van der Waals surface area contributed by atoms with E-state index in [1.807, 2.05) is 24.3 Å². The second-order valence-corrected chi connectivity index (χ2v) is 8.29. The molecule has 136 valence electrons. The molecule has 2 heteroatoms. The Morgan fingerprint density at radius 2 is 1.56 bits per heavy atom. The zero-order chi connectivity index (χ0) is 18.7. The second kappa shape index (κ2) is 7.51. The van der Waals surface area contributed by atoms with Crippen LogP contribution in [0.1, 0.15) is 77.0 Å². The first-order valence-corrected chi connectivity index (χ1v) is 9.39. The molecule has 0 amide bonds. The summed E-state index contributed by atoms with van der Waals surface area (Å²) in [6, 6.07) is 14.4. The molecule has 0 radical (unpaired) electrons. The third kappa shape index (κ3) is 4.18. The van der Waals surface area contributed by atoms with E-state index in [4.69, 9.17) is 5.73 Å². The Labute approximate surface area is 153 Å². The molecule has 0 aromatic heterocycles. The highest BCUT2D eigenvalue weighted by atomic mass is 16.3. The van der Waals surface area contributed by atoms with Crippen molar-refractivity contribution in [2.45, 2.75) is 71.1 Å². The van der Waals surface area contributed by atoms with Gasteiger partial charge in [0, 0.05) is 11.0 Å². The Morgan fingerprint density at radius 3 is 2.16 bits per heavy atom. The molecule has 0 aliphatic carbocycles. The minimum atomic E-state index is -0.311. The number of aromatic hydroxyl groups is 1. The fourth-order valence-electron chi connectivity index (χ4n) is 3.50. The monoisotopic (exact) mass is 339 g/mol. The van der Waals surface area contributed by atoms with Gasteiger partial charge in [-0.15, -0.1) is 0 Å². The molecule has 0 bridgehead atoms. The highest BCUT2D eigenvalue weighted by Gasteiger charge is 2.30. The normalized spacial score (nSPS) is 12.4. The van der Waals surface area contributed by atoms with Crippen molar-refractivity contribution in [3.63, 3.8) is 0 Å². The number of hydrogen-bond acceptors (Lipinski definition) is 2. The summed E-state index contributed by atoms with van der Waals surface area (Å²) in [4.78, 5) is 0. The summed E-state index contributed by atoms with van der Waals surface area (Å²) in [6.45, 7) is 11.1. The lowest BCUT2D eigenvalue weighted by Crippen LogP contribution is -2.23. The maximum absolute atomic E-state index is 10.7.